The first-order valence-electron chi connectivity index (χ1n) is 5.10. The Balaban J connectivity index is 2.51. The summed E-state index contributed by atoms with van der Waals surface area (Å²) in [4.78, 5) is 3.94. The summed E-state index contributed by atoms with van der Waals surface area (Å²) in [6.45, 7) is 2.19. The first-order chi connectivity index (χ1) is 6.75. The lowest BCUT2D eigenvalue weighted by atomic mass is 10.0. The molecule has 2 N–H and O–H groups in total. The van der Waals surface area contributed by atoms with Gasteiger partial charge in [0.15, 0.2) is 0 Å². The molecular weight excluding hydrogens is 196 g/mol. The lowest BCUT2D eigenvalue weighted by molar-refractivity contribution is 0.581. The monoisotopic (exact) mass is 212 g/mol. The Bertz CT molecular complexity index is 276. The molecule has 2 nitrogen and oxygen atoms in total. The predicted octanol–water partition coefficient (Wildman–Crippen LogP) is 3.32. The SMILES string of the molecule is CCCCC[C@H](N)c1ccncc1Cl. The van der Waals surface area contributed by atoms with Gasteiger partial charge in [-0.1, -0.05) is 37.8 Å². The highest BCUT2D eigenvalue weighted by atomic mass is 35.5. The van der Waals surface area contributed by atoms with Gasteiger partial charge in [0.05, 0.1) is 5.02 Å². The Kier molecular flexibility index (Phi) is 4.91. The standard InChI is InChI=1S/C11H17ClN2/c1-2-3-4-5-11(13)9-6-7-14-8-10(9)12/h6-8,11H,2-5,13H2,1H3/t11-/m0/s1. The summed E-state index contributed by atoms with van der Waals surface area (Å²) in [5.41, 5.74) is 7.04. The Labute approximate surface area is 90.5 Å². The van der Waals surface area contributed by atoms with Crippen molar-refractivity contribution in [3.8, 4) is 0 Å². The quantitative estimate of drug-likeness (QED) is 0.761. The Morgan fingerprint density at radius 1 is 1.50 bits per heavy atom. The average molecular weight is 213 g/mol. The number of aromatic nitrogens is 1. The minimum Gasteiger partial charge on any atom is -0.324 e. The van der Waals surface area contributed by atoms with Gasteiger partial charge >= 0.3 is 0 Å². The molecule has 78 valence electrons. The second-order valence-corrected chi connectivity index (χ2v) is 3.91. The third-order valence-electron chi connectivity index (χ3n) is 2.32. The van der Waals surface area contributed by atoms with Crippen molar-refractivity contribution < 1.29 is 0 Å². The van der Waals surface area contributed by atoms with Crippen molar-refractivity contribution in [3.05, 3.63) is 29.0 Å². The van der Waals surface area contributed by atoms with Gasteiger partial charge in [-0.05, 0) is 18.1 Å². The molecule has 14 heavy (non-hydrogen) atoms. The topological polar surface area (TPSA) is 38.9 Å². The van der Waals surface area contributed by atoms with Crippen molar-refractivity contribution in [1.29, 1.82) is 0 Å². The third-order valence-corrected chi connectivity index (χ3v) is 2.64. The molecule has 1 aromatic rings. The van der Waals surface area contributed by atoms with Crippen LogP contribution in [0, 0.1) is 0 Å². The molecule has 0 amide bonds. The summed E-state index contributed by atoms with van der Waals surface area (Å²) >= 11 is 5.99. The van der Waals surface area contributed by atoms with Crippen molar-refractivity contribution >= 4 is 11.6 Å². The lowest BCUT2D eigenvalue weighted by Crippen LogP contribution is -2.10. The maximum absolute atomic E-state index is 6.02. The number of hydrogen-bond donors (Lipinski definition) is 1. The zero-order valence-electron chi connectivity index (χ0n) is 8.54. The summed E-state index contributed by atoms with van der Waals surface area (Å²) in [6, 6.07) is 1.95. The predicted molar refractivity (Wildman–Crippen MR) is 60.3 cm³/mol. The molecule has 0 fully saturated rings. The van der Waals surface area contributed by atoms with E-state index < -0.39 is 0 Å². The van der Waals surface area contributed by atoms with Gasteiger partial charge in [-0.3, -0.25) is 4.98 Å². The number of nitrogens with zero attached hydrogens (tertiary/aromatic N) is 1. The van der Waals surface area contributed by atoms with Crippen LogP contribution in [0.2, 0.25) is 5.02 Å². The highest BCUT2D eigenvalue weighted by Crippen LogP contribution is 2.23. The molecule has 0 aliphatic carbocycles. The molecule has 0 spiro atoms. The van der Waals surface area contributed by atoms with Crippen LogP contribution in [0.5, 0.6) is 0 Å². The van der Waals surface area contributed by atoms with Crippen molar-refractivity contribution in [2.24, 2.45) is 5.73 Å². The van der Waals surface area contributed by atoms with Crippen LogP contribution in [0.3, 0.4) is 0 Å². The van der Waals surface area contributed by atoms with Gasteiger partial charge in [0.25, 0.3) is 0 Å². The molecule has 1 rings (SSSR count). The summed E-state index contributed by atoms with van der Waals surface area (Å²) in [7, 11) is 0. The van der Waals surface area contributed by atoms with Gasteiger partial charge in [0.2, 0.25) is 0 Å². The number of nitrogens with two attached hydrogens (primary N) is 1. The molecule has 0 aliphatic rings. The van der Waals surface area contributed by atoms with Gasteiger partial charge in [0, 0.05) is 18.4 Å². The van der Waals surface area contributed by atoms with E-state index in [2.05, 4.69) is 11.9 Å². The van der Waals surface area contributed by atoms with E-state index in [1.54, 1.807) is 12.4 Å². The van der Waals surface area contributed by atoms with Crippen LogP contribution >= 0.6 is 11.6 Å². The fourth-order valence-corrected chi connectivity index (χ4v) is 1.72. The second-order valence-electron chi connectivity index (χ2n) is 3.50. The van der Waals surface area contributed by atoms with E-state index in [1.807, 2.05) is 6.07 Å². The van der Waals surface area contributed by atoms with E-state index in [4.69, 9.17) is 17.3 Å². The largest absolute Gasteiger partial charge is 0.324 e. The molecule has 0 aliphatic heterocycles. The van der Waals surface area contributed by atoms with Gasteiger partial charge < -0.3 is 5.73 Å². The van der Waals surface area contributed by atoms with E-state index in [-0.39, 0.29) is 6.04 Å². The Morgan fingerprint density at radius 3 is 2.93 bits per heavy atom. The average Bonchev–Trinajstić information content (AvgIpc) is 2.18. The zero-order valence-corrected chi connectivity index (χ0v) is 9.30. The van der Waals surface area contributed by atoms with Gasteiger partial charge in [-0.2, -0.15) is 0 Å². The van der Waals surface area contributed by atoms with Gasteiger partial charge in [0.1, 0.15) is 0 Å². The highest BCUT2D eigenvalue weighted by Gasteiger charge is 2.08. The Morgan fingerprint density at radius 2 is 2.29 bits per heavy atom. The first kappa shape index (κ1) is 11.5. The van der Waals surface area contributed by atoms with Crippen LogP contribution in [-0.4, -0.2) is 4.98 Å². The fourth-order valence-electron chi connectivity index (χ4n) is 1.46. The normalized spacial score (nSPS) is 12.8. The number of rotatable bonds is 5. The summed E-state index contributed by atoms with van der Waals surface area (Å²) in [5.74, 6) is 0. The third kappa shape index (κ3) is 3.28. The van der Waals surface area contributed by atoms with Crippen LogP contribution in [0.15, 0.2) is 18.5 Å². The van der Waals surface area contributed by atoms with Crippen molar-refractivity contribution in [2.45, 2.75) is 38.6 Å². The molecule has 0 radical (unpaired) electrons. The minimum absolute atomic E-state index is 0.0528. The number of pyridine rings is 1. The molecule has 0 saturated heterocycles. The van der Waals surface area contributed by atoms with Crippen LogP contribution in [0.25, 0.3) is 0 Å². The van der Waals surface area contributed by atoms with E-state index in [1.165, 1.54) is 12.8 Å². The second kappa shape index (κ2) is 5.99. The molecule has 1 atom stereocenters. The van der Waals surface area contributed by atoms with Crippen LogP contribution in [0.1, 0.15) is 44.2 Å². The fraction of sp³-hybridized carbons (Fsp3) is 0.545. The first-order valence-corrected chi connectivity index (χ1v) is 5.48. The minimum atomic E-state index is 0.0528. The molecule has 0 aromatic carbocycles. The van der Waals surface area contributed by atoms with Crippen LogP contribution in [0.4, 0.5) is 0 Å². The number of halogens is 1. The van der Waals surface area contributed by atoms with Crippen molar-refractivity contribution in [1.82, 2.24) is 4.98 Å². The molecule has 0 saturated carbocycles. The smallest absolute Gasteiger partial charge is 0.0637 e. The molecule has 0 bridgehead atoms. The molecule has 1 aromatic heterocycles. The molecule has 1 heterocycles. The maximum atomic E-state index is 6.02. The maximum Gasteiger partial charge on any atom is 0.0637 e. The van der Waals surface area contributed by atoms with E-state index in [9.17, 15) is 0 Å². The van der Waals surface area contributed by atoms with E-state index in [0.29, 0.717) is 5.02 Å². The molecular formula is C11H17ClN2. The van der Waals surface area contributed by atoms with E-state index >= 15 is 0 Å². The van der Waals surface area contributed by atoms with Crippen molar-refractivity contribution in [2.75, 3.05) is 0 Å². The van der Waals surface area contributed by atoms with Gasteiger partial charge in [-0.15, -0.1) is 0 Å². The summed E-state index contributed by atoms with van der Waals surface area (Å²) in [6.07, 6.45) is 8.00. The molecule has 3 heteroatoms. The zero-order chi connectivity index (χ0) is 10.4. The van der Waals surface area contributed by atoms with Crippen LogP contribution in [-0.2, 0) is 0 Å². The lowest BCUT2D eigenvalue weighted by Gasteiger charge is -2.12. The van der Waals surface area contributed by atoms with E-state index in [0.717, 1.165) is 18.4 Å². The van der Waals surface area contributed by atoms with Gasteiger partial charge in [-0.25, -0.2) is 0 Å². The van der Waals surface area contributed by atoms with Crippen molar-refractivity contribution in [3.63, 3.8) is 0 Å². The Hall–Kier alpha value is -0.600. The number of unbranched alkanes of at least 4 members (excludes halogenated alkanes) is 2. The summed E-state index contributed by atoms with van der Waals surface area (Å²) < 4.78 is 0. The highest BCUT2D eigenvalue weighted by molar-refractivity contribution is 6.31. The number of hydrogen-bond acceptors (Lipinski definition) is 2. The molecule has 0 unspecified atom stereocenters. The van der Waals surface area contributed by atoms with Crippen LogP contribution < -0.4 is 5.73 Å². The summed E-state index contributed by atoms with van der Waals surface area (Å²) in [5, 5.41) is 0.677.